The van der Waals surface area contributed by atoms with Crippen LogP contribution in [-0.2, 0) is 4.79 Å². The molecule has 0 spiro atoms. The number of H-pyrrole nitrogens is 1. The Morgan fingerprint density at radius 1 is 1.04 bits per heavy atom. The SMILES string of the molecule is O=C(O)C1CCN(C(=O)c2ccc(C=Cc3n[nH]c4ccccc34)cc2)CC1. The van der Waals surface area contributed by atoms with E-state index in [1.54, 1.807) is 4.90 Å². The van der Waals surface area contributed by atoms with Gasteiger partial charge >= 0.3 is 5.97 Å². The van der Waals surface area contributed by atoms with E-state index in [1.807, 2.05) is 60.7 Å². The summed E-state index contributed by atoms with van der Waals surface area (Å²) in [5.41, 5.74) is 3.47. The molecule has 4 rings (SSSR count). The maximum atomic E-state index is 12.6. The predicted molar refractivity (Wildman–Crippen MR) is 108 cm³/mol. The lowest BCUT2D eigenvalue weighted by atomic mass is 9.96. The number of hydrogen-bond acceptors (Lipinski definition) is 3. The van der Waals surface area contributed by atoms with Crippen molar-refractivity contribution >= 4 is 34.9 Å². The second kappa shape index (κ2) is 7.68. The maximum Gasteiger partial charge on any atom is 0.306 e. The van der Waals surface area contributed by atoms with Gasteiger partial charge < -0.3 is 10.0 Å². The number of hydrogen-bond donors (Lipinski definition) is 2. The summed E-state index contributed by atoms with van der Waals surface area (Å²) < 4.78 is 0. The van der Waals surface area contributed by atoms with Gasteiger partial charge in [-0.3, -0.25) is 14.7 Å². The van der Waals surface area contributed by atoms with Crippen LogP contribution in [0.5, 0.6) is 0 Å². The number of nitrogens with zero attached hydrogens (tertiary/aromatic N) is 2. The average molecular weight is 375 g/mol. The molecule has 0 bridgehead atoms. The second-order valence-corrected chi connectivity index (χ2v) is 7.01. The van der Waals surface area contributed by atoms with Crippen LogP contribution in [-0.4, -0.2) is 45.2 Å². The van der Waals surface area contributed by atoms with Crippen molar-refractivity contribution in [3.8, 4) is 0 Å². The van der Waals surface area contributed by atoms with E-state index in [9.17, 15) is 9.59 Å². The quantitative estimate of drug-likeness (QED) is 0.728. The van der Waals surface area contributed by atoms with Crippen LogP contribution in [0.25, 0.3) is 23.1 Å². The van der Waals surface area contributed by atoms with Gasteiger partial charge in [0.05, 0.1) is 17.1 Å². The monoisotopic (exact) mass is 375 g/mol. The van der Waals surface area contributed by atoms with E-state index in [0.717, 1.165) is 22.2 Å². The summed E-state index contributed by atoms with van der Waals surface area (Å²) in [6.45, 7) is 0.980. The van der Waals surface area contributed by atoms with Gasteiger partial charge in [0.2, 0.25) is 0 Å². The van der Waals surface area contributed by atoms with Crippen molar-refractivity contribution in [1.29, 1.82) is 0 Å². The number of aliphatic carboxylic acids is 1. The van der Waals surface area contributed by atoms with Crippen molar-refractivity contribution in [3.63, 3.8) is 0 Å². The van der Waals surface area contributed by atoms with Crippen molar-refractivity contribution < 1.29 is 14.7 Å². The summed E-state index contributed by atoms with van der Waals surface area (Å²) in [5.74, 6) is -1.15. The first-order chi connectivity index (χ1) is 13.6. The molecule has 2 aromatic carbocycles. The molecule has 0 saturated carbocycles. The minimum absolute atomic E-state index is 0.0438. The molecule has 1 aliphatic heterocycles. The molecule has 6 heteroatoms. The number of carbonyl (C=O) groups excluding carboxylic acids is 1. The minimum atomic E-state index is -0.770. The van der Waals surface area contributed by atoms with E-state index >= 15 is 0 Å². The molecular weight excluding hydrogens is 354 g/mol. The highest BCUT2D eigenvalue weighted by Gasteiger charge is 2.27. The molecule has 2 N–H and O–H groups in total. The van der Waals surface area contributed by atoms with E-state index < -0.39 is 5.97 Å². The highest BCUT2D eigenvalue weighted by Crippen LogP contribution is 2.20. The molecule has 1 fully saturated rings. The fourth-order valence-electron chi connectivity index (χ4n) is 3.54. The molecule has 0 radical (unpaired) electrons. The largest absolute Gasteiger partial charge is 0.481 e. The summed E-state index contributed by atoms with van der Waals surface area (Å²) in [5, 5.41) is 17.5. The Hall–Kier alpha value is -3.41. The number of fused-ring (bicyclic) bond motifs is 1. The van der Waals surface area contributed by atoms with Crippen LogP contribution in [0.3, 0.4) is 0 Å². The number of aromatic amines is 1. The van der Waals surface area contributed by atoms with Crippen molar-refractivity contribution in [2.45, 2.75) is 12.8 Å². The lowest BCUT2D eigenvalue weighted by Crippen LogP contribution is -2.40. The Balaban J connectivity index is 1.42. The van der Waals surface area contributed by atoms with Crippen LogP contribution < -0.4 is 0 Å². The molecule has 2 heterocycles. The topological polar surface area (TPSA) is 86.3 Å². The number of carboxylic acid groups (broad SMARTS) is 1. The fourth-order valence-corrected chi connectivity index (χ4v) is 3.54. The van der Waals surface area contributed by atoms with Crippen molar-refractivity contribution in [2.75, 3.05) is 13.1 Å². The third kappa shape index (κ3) is 3.67. The Labute approximate surface area is 162 Å². The number of para-hydroxylation sites is 1. The Kier molecular flexibility index (Phi) is 4.93. The zero-order valence-electron chi connectivity index (χ0n) is 15.3. The van der Waals surface area contributed by atoms with Crippen molar-refractivity contribution in [1.82, 2.24) is 15.1 Å². The van der Waals surface area contributed by atoms with Gasteiger partial charge in [-0.25, -0.2) is 0 Å². The molecular formula is C22H21N3O3. The van der Waals surface area contributed by atoms with E-state index in [0.29, 0.717) is 31.5 Å². The maximum absolute atomic E-state index is 12.6. The van der Waals surface area contributed by atoms with Gasteiger partial charge in [0, 0.05) is 24.0 Å². The van der Waals surface area contributed by atoms with Gasteiger partial charge in [-0.2, -0.15) is 5.10 Å². The number of carbonyl (C=O) groups is 2. The Morgan fingerprint density at radius 2 is 1.75 bits per heavy atom. The van der Waals surface area contributed by atoms with Gasteiger partial charge in [0.1, 0.15) is 0 Å². The average Bonchev–Trinajstić information content (AvgIpc) is 3.15. The van der Waals surface area contributed by atoms with E-state index in [1.165, 1.54) is 0 Å². The molecule has 1 aromatic heterocycles. The minimum Gasteiger partial charge on any atom is -0.481 e. The van der Waals surface area contributed by atoms with Crippen LogP contribution in [0, 0.1) is 5.92 Å². The fraction of sp³-hybridized carbons (Fsp3) is 0.227. The van der Waals surface area contributed by atoms with E-state index in [2.05, 4.69) is 10.2 Å². The van der Waals surface area contributed by atoms with Crippen LogP contribution in [0.2, 0.25) is 0 Å². The van der Waals surface area contributed by atoms with Crippen molar-refractivity contribution in [2.24, 2.45) is 5.92 Å². The first kappa shape index (κ1) is 18.0. The molecule has 0 aliphatic carbocycles. The molecule has 1 amide bonds. The molecule has 0 unspecified atom stereocenters. The zero-order valence-corrected chi connectivity index (χ0v) is 15.3. The molecule has 142 valence electrons. The van der Waals surface area contributed by atoms with Gasteiger partial charge in [0.15, 0.2) is 0 Å². The molecule has 3 aromatic rings. The van der Waals surface area contributed by atoms with Crippen molar-refractivity contribution in [3.05, 3.63) is 65.4 Å². The molecule has 6 nitrogen and oxygen atoms in total. The Morgan fingerprint density at radius 3 is 2.46 bits per heavy atom. The number of nitrogens with one attached hydrogen (secondary N) is 1. The molecule has 0 atom stereocenters. The number of amides is 1. The standard InChI is InChI=1S/C22H21N3O3/c26-21(25-13-11-17(12-14-25)22(27)28)16-8-5-15(6-9-16)7-10-20-18-3-1-2-4-19(18)23-24-20/h1-10,17H,11-14H2,(H,23,24)(H,27,28). The summed E-state index contributed by atoms with van der Waals surface area (Å²) in [4.78, 5) is 25.4. The first-order valence-corrected chi connectivity index (χ1v) is 9.35. The lowest BCUT2D eigenvalue weighted by molar-refractivity contribution is -0.143. The van der Waals surface area contributed by atoms with Crippen LogP contribution in [0.4, 0.5) is 0 Å². The molecule has 1 aliphatic rings. The molecule has 1 saturated heterocycles. The number of aromatic nitrogens is 2. The van der Waals surface area contributed by atoms with Gasteiger partial charge in [0.25, 0.3) is 5.91 Å². The van der Waals surface area contributed by atoms with Gasteiger partial charge in [-0.15, -0.1) is 0 Å². The zero-order chi connectivity index (χ0) is 19.5. The summed E-state index contributed by atoms with van der Waals surface area (Å²) in [7, 11) is 0. The predicted octanol–water partition coefficient (Wildman–Crippen LogP) is 3.67. The number of benzene rings is 2. The number of carboxylic acids is 1. The molecule has 28 heavy (non-hydrogen) atoms. The number of rotatable bonds is 4. The summed E-state index contributed by atoms with van der Waals surface area (Å²) >= 11 is 0. The summed E-state index contributed by atoms with van der Waals surface area (Å²) in [6, 6.07) is 15.4. The van der Waals surface area contributed by atoms with Crippen LogP contribution >= 0.6 is 0 Å². The van der Waals surface area contributed by atoms with Crippen LogP contribution in [0.1, 0.15) is 34.5 Å². The summed E-state index contributed by atoms with van der Waals surface area (Å²) in [6.07, 6.45) is 4.95. The van der Waals surface area contributed by atoms with E-state index in [4.69, 9.17) is 5.11 Å². The number of piperidine rings is 1. The highest BCUT2D eigenvalue weighted by atomic mass is 16.4. The highest BCUT2D eigenvalue weighted by molar-refractivity contribution is 5.95. The lowest BCUT2D eigenvalue weighted by Gasteiger charge is -2.30. The normalized spacial score (nSPS) is 15.4. The smallest absolute Gasteiger partial charge is 0.306 e. The Bertz CT molecular complexity index is 1030. The van der Waals surface area contributed by atoms with E-state index in [-0.39, 0.29) is 11.8 Å². The first-order valence-electron chi connectivity index (χ1n) is 9.35. The third-order valence-electron chi connectivity index (χ3n) is 5.22. The van der Waals surface area contributed by atoms with Gasteiger partial charge in [-0.05, 0) is 42.7 Å². The van der Waals surface area contributed by atoms with Gasteiger partial charge in [-0.1, -0.05) is 36.4 Å². The third-order valence-corrected chi connectivity index (χ3v) is 5.22. The second-order valence-electron chi connectivity index (χ2n) is 7.01. The van der Waals surface area contributed by atoms with Crippen LogP contribution in [0.15, 0.2) is 48.5 Å². The number of likely N-dealkylation sites (tertiary alicyclic amines) is 1.